The molecular formula is C57H84O6. The van der Waals surface area contributed by atoms with Crippen LogP contribution in [0.5, 0.6) is 0 Å². The van der Waals surface area contributed by atoms with E-state index in [1.165, 1.54) is 19.3 Å². The van der Waals surface area contributed by atoms with Crippen LogP contribution < -0.4 is 0 Å². The summed E-state index contributed by atoms with van der Waals surface area (Å²) in [7, 11) is 0. The molecule has 0 heterocycles. The fourth-order valence-corrected chi connectivity index (χ4v) is 5.78. The normalized spacial score (nSPS) is 13.5. The Bertz CT molecular complexity index is 1510. The molecule has 6 heteroatoms. The average Bonchev–Trinajstić information content (AvgIpc) is 3.28. The van der Waals surface area contributed by atoms with Crippen molar-refractivity contribution in [1.82, 2.24) is 0 Å². The molecule has 6 nitrogen and oxygen atoms in total. The molecule has 1 atom stereocenters. The Morgan fingerprint density at radius 2 is 0.571 bits per heavy atom. The molecule has 0 aliphatic carbocycles. The van der Waals surface area contributed by atoms with Crippen LogP contribution in [0.4, 0.5) is 0 Å². The summed E-state index contributed by atoms with van der Waals surface area (Å²) in [5.74, 6) is -1.04. The lowest BCUT2D eigenvalue weighted by Crippen LogP contribution is -2.30. The molecule has 0 aromatic carbocycles. The van der Waals surface area contributed by atoms with Gasteiger partial charge >= 0.3 is 17.9 Å². The third-order valence-electron chi connectivity index (χ3n) is 9.33. The second-order valence-corrected chi connectivity index (χ2v) is 15.2. The molecule has 0 saturated carbocycles. The molecule has 0 bridgehead atoms. The summed E-state index contributed by atoms with van der Waals surface area (Å²) in [6.07, 6.45) is 72.2. The lowest BCUT2D eigenvalue weighted by molar-refractivity contribution is -0.167. The minimum Gasteiger partial charge on any atom is -0.462 e. The van der Waals surface area contributed by atoms with E-state index in [4.69, 9.17) is 14.2 Å². The van der Waals surface area contributed by atoms with E-state index in [0.717, 1.165) is 89.9 Å². The van der Waals surface area contributed by atoms with Gasteiger partial charge in [0, 0.05) is 19.3 Å². The zero-order chi connectivity index (χ0) is 45.8. The standard InChI is InChI=1S/C57H84O6/c1-4-7-10-13-16-19-22-25-28-31-34-37-40-43-46-49-55(58)61-52-54(63-57(60)51-48-45-42-39-36-33-30-27-24-21-18-15-12-9-6-3)53-62-56(59)50-47-44-41-38-35-32-29-26-23-20-17-14-11-8-5-2/h7-25,27-28,30-31,33-34,36,54H,4-6,26,29,32,35,37-53H2,1-3H3/b10-7-,11-8-,12-9-,16-13-,17-14-,18-15-,22-19-,23-20-,24-21-,28-25-,30-27-,34-31-,36-33-. The first-order valence-corrected chi connectivity index (χ1v) is 24.2. The Labute approximate surface area is 384 Å². The topological polar surface area (TPSA) is 78.9 Å². The van der Waals surface area contributed by atoms with Crippen molar-refractivity contribution in [2.45, 2.75) is 168 Å². The van der Waals surface area contributed by atoms with E-state index in [1.807, 2.05) is 97.2 Å². The first-order valence-electron chi connectivity index (χ1n) is 24.2. The average molecular weight is 865 g/mol. The van der Waals surface area contributed by atoms with Crippen molar-refractivity contribution in [3.8, 4) is 0 Å². The van der Waals surface area contributed by atoms with Gasteiger partial charge in [-0.2, -0.15) is 0 Å². The molecule has 0 amide bonds. The van der Waals surface area contributed by atoms with Gasteiger partial charge < -0.3 is 14.2 Å². The number of hydrogen-bond acceptors (Lipinski definition) is 6. The lowest BCUT2D eigenvalue weighted by Gasteiger charge is -2.18. The Hall–Kier alpha value is -4.97. The third kappa shape index (κ3) is 47.9. The van der Waals surface area contributed by atoms with Crippen LogP contribution in [-0.2, 0) is 28.6 Å². The summed E-state index contributed by atoms with van der Waals surface area (Å²) < 4.78 is 16.7. The maximum atomic E-state index is 12.8. The first kappa shape index (κ1) is 58.0. The molecule has 348 valence electrons. The van der Waals surface area contributed by atoms with Crippen LogP contribution in [0.2, 0.25) is 0 Å². The zero-order valence-corrected chi connectivity index (χ0v) is 39.5. The number of carbonyl (C=O) groups excluding carboxylic acids is 3. The van der Waals surface area contributed by atoms with E-state index < -0.39 is 6.10 Å². The fraction of sp³-hybridized carbons (Fsp3) is 0.491. The summed E-state index contributed by atoms with van der Waals surface area (Å²) >= 11 is 0. The van der Waals surface area contributed by atoms with E-state index in [0.29, 0.717) is 19.3 Å². The van der Waals surface area contributed by atoms with Gasteiger partial charge in [0.2, 0.25) is 0 Å². The van der Waals surface area contributed by atoms with E-state index in [2.05, 4.69) is 81.5 Å². The molecule has 0 aliphatic rings. The van der Waals surface area contributed by atoms with Crippen molar-refractivity contribution in [2.24, 2.45) is 0 Å². The smallest absolute Gasteiger partial charge is 0.306 e. The Kier molecular flexibility index (Phi) is 45.8. The number of unbranched alkanes of at least 4 members (excludes halogenated alkanes) is 13. The van der Waals surface area contributed by atoms with E-state index in [9.17, 15) is 14.4 Å². The molecule has 0 radical (unpaired) electrons. The molecule has 0 N–H and O–H groups in total. The van der Waals surface area contributed by atoms with Crippen LogP contribution in [0.15, 0.2) is 158 Å². The van der Waals surface area contributed by atoms with Crippen molar-refractivity contribution in [3.63, 3.8) is 0 Å². The van der Waals surface area contributed by atoms with Crippen LogP contribution in [0, 0.1) is 0 Å². The van der Waals surface area contributed by atoms with Gasteiger partial charge in [0.25, 0.3) is 0 Å². The number of rotatable bonds is 40. The number of hydrogen-bond donors (Lipinski definition) is 0. The van der Waals surface area contributed by atoms with Crippen LogP contribution in [0.3, 0.4) is 0 Å². The maximum absolute atomic E-state index is 12.8. The highest BCUT2D eigenvalue weighted by atomic mass is 16.6. The van der Waals surface area contributed by atoms with Gasteiger partial charge in [-0.3, -0.25) is 14.4 Å². The summed E-state index contributed by atoms with van der Waals surface area (Å²) in [4.78, 5) is 37.9. The highest BCUT2D eigenvalue weighted by Crippen LogP contribution is 2.12. The predicted octanol–water partition coefficient (Wildman–Crippen LogP) is 15.9. The van der Waals surface area contributed by atoms with Crippen LogP contribution in [0.25, 0.3) is 0 Å². The van der Waals surface area contributed by atoms with Gasteiger partial charge in [0.15, 0.2) is 6.10 Å². The summed E-state index contributed by atoms with van der Waals surface area (Å²) in [5.41, 5.74) is 0. The van der Waals surface area contributed by atoms with Crippen molar-refractivity contribution < 1.29 is 28.6 Å². The van der Waals surface area contributed by atoms with Gasteiger partial charge in [-0.05, 0) is 77.0 Å². The first-order chi connectivity index (χ1) is 31.0. The highest BCUT2D eigenvalue weighted by Gasteiger charge is 2.19. The van der Waals surface area contributed by atoms with Crippen LogP contribution in [0.1, 0.15) is 162 Å². The van der Waals surface area contributed by atoms with Gasteiger partial charge in [-0.25, -0.2) is 0 Å². The quantitative estimate of drug-likeness (QED) is 0.0264. The minimum atomic E-state index is -0.830. The number of ether oxygens (including phenoxy) is 3. The number of esters is 3. The van der Waals surface area contributed by atoms with Crippen LogP contribution in [-0.4, -0.2) is 37.2 Å². The molecule has 0 saturated heterocycles. The van der Waals surface area contributed by atoms with Crippen molar-refractivity contribution in [2.75, 3.05) is 13.2 Å². The monoisotopic (exact) mass is 865 g/mol. The van der Waals surface area contributed by atoms with Crippen molar-refractivity contribution in [3.05, 3.63) is 158 Å². The summed E-state index contributed by atoms with van der Waals surface area (Å²) in [5, 5.41) is 0. The molecule has 0 aliphatic heterocycles. The number of carbonyl (C=O) groups is 3. The van der Waals surface area contributed by atoms with Gasteiger partial charge in [0.05, 0.1) is 0 Å². The van der Waals surface area contributed by atoms with E-state index in [1.54, 1.807) is 0 Å². The lowest BCUT2D eigenvalue weighted by atomic mass is 10.1. The molecule has 0 aromatic heterocycles. The van der Waals surface area contributed by atoms with E-state index in [-0.39, 0.29) is 44.0 Å². The molecule has 0 rings (SSSR count). The van der Waals surface area contributed by atoms with Crippen molar-refractivity contribution >= 4 is 17.9 Å². The van der Waals surface area contributed by atoms with Crippen molar-refractivity contribution in [1.29, 1.82) is 0 Å². The zero-order valence-electron chi connectivity index (χ0n) is 39.5. The molecular weight excluding hydrogens is 781 g/mol. The molecule has 0 fully saturated rings. The largest absolute Gasteiger partial charge is 0.462 e. The molecule has 0 aromatic rings. The van der Waals surface area contributed by atoms with E-state index >= 15 is 0 Å². The fourth-order valence-electron chi connectivity index (χ4n) is 5.78. The second-order valence-electron chi connectivity index (χ2n) is 15.2. The Morgan fingerprint density at radius 1 is 0.317 bits per heavy atom. The molecule has 1 unspecified atom stereocenters. The Balaban J connectivity index is 4.61. The highest BCUT2D eigenvalue weighted by molar-refractivity contribution is 5.71. The molecule has 0 spiro atoms. The predicted molar refractivity (Wildman–Crippen MR) is 269 cm³/mol. The SMILES string of the molecule is CC\C=C/C=C\C=C/C=C\C=C/CCCCCC(=O)OCC(COC(=O)CCCCCCCCC\C=C/C=C\C=C/CC)OC(=O)CCCCC\C=C/C=C\C=C/C=C\C=C/CC. The maximum Gasteiger partial charge on any atom is 0.306 e. The summed E-state index contributed by atoms with van der Waals surface area (Å²) in [6.45, 7) is 6.10. The van der Waals surface area contributed by atoms with Gasteiger partial charge in [0.1, 0.15) is 13.2 Å². The Morgan fingerprint density at radius 3 is 0.905 bits per heavy atom. The summed E-state index contributed by atoms with van der Waals surface area (Å²) in [6, 6.07) is 0. The third-order valence-corrected chi connectivity index (χ3v) is 9.33. The van der Waals surface area contributed by atoms with Crippen LogP contribution >= 0.6 is 0 Å². The second kappa shape index (κ2) is 49.7. The number of allylic oxidation sites excluding steroid dienone is 26. The minimum absolute atomic E-state index is 0.124. The van der Waals surface area contributed by atoms with Gasteiger partial charge in [-0.1, -0.05) is 224 Å². The molecule has 63 heavy (non-hydrogen) atoms. The van der Waals surface area contributed by atoms with Gasteiger partial charge in [-0.15, -0.1) is 0 Å².